The molecule has 0 radical (unpaired) electrons. The monoisotopic (exact) mass is 389 g/mol. The molecule has 4 aromatic rings. The molecular formula is C21H16FN5O2. The summed E-state index contributed by atoms with van der Waals surface area (Å²) in [5.41, 5.74) is 2.12. The second kappa shape index (κ2) is 8.30. The molecule has 3 aromatic carbocycles. The summed E-state index contributed by atoms with van der Waals surface area (Å²) in [6, 6.07) is 20.1. The number of benzene rings is 3. The maximum atomic E-state index is 12.9. The second-order valence-electron chi connectivity index (χ2n) is 6.20. The molecule has 0 aliphatic rings. The lowest BCUT2D eigenvalue weighted by molar-refractivity contribution is 0.0951. The van der Waals surface area contributed by atoms with Gasteiger partial charge in [-0.15, -0.1) is 10.2 Å². The minimum Gasteiger partial charge on any atom is -0.457 e. The lowest BCUT2D eigenvalue weighted by Crippen LogP contribution is -2.22. The van der Waals surface area contributed by atoms with Crippen LogP contribution in [0.2, 0.25) is 0 Å². The summed E-state index contributed by atoms with van der Waals surface area (Å²) in [5, 5.41) is 16.6. The van der Waals surface area contributed by atoms with Crippen LogP contribution in [-0.2, 0) is 6.54 Å². The number of ether oxygens (including phenoxy) is 1. The Morgan fingerprint density at radius 2 is 1.72 bits per heavy atom. The maximum Gasteiger partial charge on any atom is 0.251 e. The number of carbonyl (C=O) groups is 1. The SMILES string of the molecule is O=C(NCc1ccc(Oc2ccc(F)cc2)cc1)c1cccc(-c2nn[nH]n2)c1. The Balaban J connectivity index is 1.36. The molecule has 0 fully saturated rings. The molecule has 144 valence electrons. The van der Waals surface area contributed by atoms with Crippen LogP contribution in [0.3, 0.4) is 0 Å². The van der Waals surface area contributed by atoms with E-state index in [1.54, 1.807) is 42.5 Å². The Morgan fingerprint density at radius 1 is 1.00 bits per heavy atom. The fourth-order valence-corrected chi connectivity index (χ4v) is 2.68. The summed E-state index contributed by atoms with van der Waals surface area (Å²) in [4.78, 5) is 12.4. The van der Waals surface area contributed by atoms with Crippen LogP contribution in [0.4, 0.5) is 4.39 Å². The quantitative estimate of drug-likeness (QED) is 0.524. The third-order valence-electron chi connectivity index (χ3n) is 4.15. The van der Waals surface area contributed by atoms with Gasteiger partial charge in [0.25, 0.3) is 5.91 Å². The normalized spacial score (nSPS) is 10.5. The third kappa shape index (κ3) is 4.62. The third-order valence-corrected chi connectivity index (χ3v) is 4.15. The molecule has 0 spiro atoms. The van der Waals surface area contributed by atoms with Crippen molar-refractivity contribution in [1.82, 2.24) is 25.9 Å². The van der Waals surface area contributed by atoms with Gasteiger partial charge in [0.05, 0.1) is 0 Å². The largest absolute Gasteiger partial charge is 0.457 e. The van der Waals surface area contributed by atoms with Gasteiger partial charge in [0.15, 0.2) is 0 Å². The fraction of sp³-hybridized carbons (Fsp3) is 0.0476. The van der Waals surface area contributed by atoms with Crippen molar-refractivity contribution in [3.8, 4) is 22.9 Å². The van der Waals surface area contributed by atoms with Gasteiger partial charge in [-0.25, -0.2) is 4.39 Å². The number of rotatable bonds is 6. The zero-order valence-corrected chi connectivity index (χ0v) is 15.2. The first-order valence-corrected chi connectivity index (χ1v) is 8.82. The van der Waals surface area contributed by atoms with E-state index in [-0.39, 0.29) is 11.7 Å². The van der Waals surface area contributed by atoms with Crippen molar-refractivity contribution in [2.45, 2.75) is 6.54 Å². The van der Waals surface area contributed by atoms with Gasteiger partial charge in [0.1, 0.15) is 17.3 Å². The summed E-state index contributed by atoms with van der Waals surface area (Å²) in [5.74, 6) is 1.08. The standard InChI is InChI=1S/C21H16FN5O2/c22-17-6-10-19(11-7-17)29-18-8-4-14(5-9-18)13-23-21(28)16-3-1-2-15(12-16)20-24-26-27-25-20/h1-12H,13H2,(H,23,28)(H,24,25,26,27). The molecule has 1 heterocycles. The predicted molar refractivity (Wildman–Crippen MR) is 104 cm³/mol. The highest BCUT2D eigenvalue weighted by molar-refractivity contribution is 5.95. The summed E-state index contributed by atoms with van der Waals surface area (Å²) in [7, 11) is 0. The molecule has 2 N–H and O–H groups in total. The highest BCUT2D eigenvalue weighted by Gasteiger charge is 2.09. The number of aromatic nitrogens is 4. The Morgan fingerprint density at radius 3 is 2.41 bits per heavy atom. The van der Waals surface area contributed by atoms with Crippen LogP contribution in [0.25, 0.3) is 11.4 Å². The highest BCUT2D eigenvalue weighted by Crippen LogP contribution is 2.22. The Kier molecular flexibility index (Phi) is 5.24. The van der Waals surface area contributed by atoms with Crippen molar-refractivity contribution in [2.75, 3.05) is 0 Å². The van der Waals surface area contributed by atoms with Crippen molar-refractivity contribution >= 4 is 5.91 Å². The molecule has 0 bridgehead atoms. The van der Waals surface area contributed by atoms with E-state index in [9.17, 15) is 9.18 Å². The van der Waals surface area contributed by atoms with E-state index in [4.69, 9.17) is 4.74 Å². The Hall–Kier alpha value is -4.07. The number of amides is 1. The van der Waals surface area contributed by atoms with E-state index in [2.05, 4.69) is 25.9 Å². The molecule has 0 aliphatic carbocycles. The van der Waals surface area contributed by atoms with Crippen LogP contribution in [-0.4, -0.2) is 26.5 Å². The molecule has 1 aromatic heterocycles. The smallest absolute Gasteiger partial charge is 0.251 e. The van der Waals surface area contributed by atoms with Crippen LogP contribution < -0.4 is 10.1 Å². The summed E-state index contributed by atoms with van der Waals surface area (Å²) in [6.07, 6.45) is 0. The van der Waals surface area contributed by atoms with Crippen molar-refractivity contribution in [3.63, 3.8) is 0 Å². The summed E-state index contributed by atoms with van der Waals surface area (Å²) in [6.45, 7) is 0.363. The minimum absolute atomic E-state index is 0.206. The molecule has 1 amide bonds. The summed E-state index contributed by atoms with van der Waals surface area (Å²) < 4.78 is 18.6. The van der Waals surface area contributed by atoms with Gasteiger partial charge in [0.2, 0.25) is 5.82 Å². The number of carbonyl (C=O) groups excluding carboxylic acids is 1. The average molecular weight is 389 g/mol. The lowest BCUT2D eigenvalue weighted by Gasteiger charge is -2.08. The Labute approximate surface area is 165 Å². The molecular weight excluding hydrogens is 373 g/mol. The average Bonchev–Trinajstić information content (AvgIpc) is 3.30. The zero-order valence-electron chi connectivity index (χ0n) is 15.2. The number of halogens is 1. The number of aromatic amines is 1. The fourth-order valence-electron chi connectivity index (χ4n) is 2.68. The number of nitrogens with one attached hydrogen (secondary N) is 2. The molecule has 7 nitrogen and oxygen atoms in total. The highest BCUT2D eigenvalue weighted by atomic mass is 19.1. The molecule has 0 saturated heterocycles. The first-order chi connectivity index (χ1) is 14.2. The van der Waals surface area contributed by atoms with E-state index in [0.29, 0.717) is 35.0 Å². The van der Waals surface area contributed by atoms with Crippen LogP contribution in [0, 0.1) is 5.82 Å². The molecule has 8 heteroatoms. The summed E-state index contributed by atoms with van der Waals surface area (Å²) >= 11 is 0. The number of nitrogens with zero attached hydrogens (tertiary/aromatic N) is 3. The van der Waals surface area contributed by atoms with E-state index in [0.717, 1.165) is 5.56 Å². The molecule has 0 aliphatic heterocycles. The van der Waals surface area contributed by atoms with Gasteiger partial charge < -0.3 is 10.1 Å². The van der Waals surface area contributed by atoms with Crippen molar-refractivity contribution in [2.24, 2.45) is 0 Å². The lowest BCUT2D eigenvalue weighted by atomic mass is 10.1. The molecule has 4 rings (SSSR count). The zero-order chi connectivity index (χ0) is 20.1. The number of hydrogen-bond donors (Lipinski definition) is 2. The van der Waals surface area contributed by atoms with Crippen LogP contribution in [0.1, 0.15) is 15.9 Å². The van der Waals surface area contributed by atoms with Gasteiger partial charge in [0, 0.05) is 17.7 Å². The van der Waals surface area contributed by atoms with E-state index >= 15 is 0 Å². The molecule has 0 unspecified atom stereocenters. The molecule has 0 atom stereocenters. The second-order valence-corrected chi connectivity index (χ2v) is 6.20. The number of tetrazole rings is 1. The maximum absolute atomic E-state index is 12.9. The van der Waals surface area contributed by atoms with Crippen LogP contribution in [0.15, 0.2) is 72.8 Å². The van der Waals surface area contributed by atoms with E-state index in [1.165, 1.54) is 12.1 Å². The van der Waals surface area contributed by atoms with E-state index in [1.807, 2.05) is 18.2 Å². The molecule has 29 heavy (non-hydrogen) atoms. The molecule has 0 saturated carbocycles. The number of hydrogen-bond acceptors (Lipinski definition) is 5. The van der Waals surface area contributed by atoms with Crippen molar-refractivity contribution < 1.29 is 13.9 Å². The van der Waals surface area contributed by atoms with Crippen LogP contribution >= 0.6 is 0 Å². The predicted octanol–water partition coefficient (Wildman–Crippen LogP) is 3.73. The minimum atomic E-state index is -0.314. The van der Waals surface area contributed by atoms with Gasteiger partial charge in [-0.1, -0.05) is 24.3 Å². The van der Waals surface area contributed by atoms with Gasteiger partial charge in [-0.3, -0.25) is 4.79 Å². The van der Waals surface area contributed by atoms with Gasteiger partial charge >= 0.3 is 0 Å². The van der Waals surface area contributed by atoms with Crippen molar-refractivity contribution in [3.05, 3.63) is 89.7 Å². The van der Waals surface area contributed by atoms with Gasteiger partial charge in [-0.2, -0.15) is 5.21 Å². The van der Waals surface area contributed by atoms with Crippen molar-refractivity contribution in [1.29, 1.82) is 0 Å². The van der Waals surface area contributed by atoms with Gasteiger partial charge in [-0.05, 0) is 59.3 Å². The number of H-pyrrole nitrogens is 1. The first kappa shape index (κ1) is 18.3. The topological polar surface area (TPSA) is 92.8 Å². The first-order valence-electron chi connectivity index (χ1n) is 8.82. The van der Waals surface area contributed by atoms with E-state index < -0.39 is 0 Å². The van der Waals surface area contributed by atoms with Crippen LogP contribution in [0.5, 0.6) is 11.5 Å². The Bertz CT molecular complexity index is 1100.